The zero-order valence-electron chi connectivity index (χ0n) is 17.6. The molecule has 0 radical (unpaired) electrons. The molecule has 160 valence electrons. The summed E-state index contributed by atoms with van der Waals surface area (Å²) in [4.78, 5) is 36.1. The van der Waals surface area contributed by atoms with E-state index >= 15 is 0 Å². The van der Waals surface area contributed by atoms with Crippen LogP contribution in [0.3, 0.4) is 0 Å². The van der Waals surface area contributed by atoms with E-state index in [-0.39, 0.29) is 36.4 Å². The lowest BCUT2D eigenvalue weighted by Crippen LogP contribution is -2.36. The molecule has 1 aromatic carbocycles. The number of nitrogens with one attached hydrogen (secondary N) is 2. The second-order valence-electron chi connectivity index (χ2n) is 8.81. The van der Waals surface area contributed by atoms with E-state index in [1.165, 1.54) is 0 Å². The number of carbonyl (C=O) groups excluding carboxylic acids is 3. The molecule has 0 heterocycles. The van der Waals surface area contributed by atoms with E-state index in [4.69, 9.17) is 4.74 Å². The van der Waals surface area contributed by atoms with Gasteiger partial charge in [0.15, 0.2) is 6.61 Å². The van der Waals surface area contributed by atoms with Crippen molar-refractivity contribution in [3.8, 4) is 0 Å². The monoisotopic (exact) mass is 466 g/mol. The second-order valence-corrected chi connectivity index (χ2v) is 9.72. The molecule has 29 heavy (non-hydrogen) atoms. The molecule has 0 spiro atoms. The number of halogens is 1. The molecule has 0 aliphatic heterocycles. The van der Waals surface area contributed by atoms with Crippen molar-refractivity contribution in [1.82, 2.24) is 5.32 Å². The van der Waals surface area contributed by atoms with E-state index in [1.807, 2.05) is 19.1 Å². The normalized spacial score (nSPS) is 19.3. The minimum atomic E-state index is -0.482. The summed E-state index contributed by atoms with van der Waals surface area (Å²) in [7, 11) is 0. The van der Waals surface area contributed by atoms with Gasteiger partial charge in [0.25, 0.3) is 5.91 Å². The zero-order valence-corrected chi connectivity index (χ0v) is 19.2. The van der Waals surface area contributed by atoms with E-state index in [0.29, 0.717) is 11.6 Å². The highest BCUT2D eigenvalue weighted by Gasteiger charge is 2.33. The van der Waals surface area contributed by atoms with Gasteiger partial charge in [-0.05, 0) is 67.7 Å². The van der Waals surface area contributed by atoms with Crippen LogP contribution >= 0.6 is 15.9 Å². The highest BCUT2D eigenvalue weighted by Crippen LogP contribution is 2.40. The van der Waals surface area contributed by atoms with Crippen LogP contribution < -0.4 is 10.6 Å². The van der Waals surface area contributed by atoms with Crippen molar-refractivity contribution >= 4 is 39.4 Å². The van der Waals surface area contributed by atoms with Crippen LogP contribution in [0.4, 0.5) is 5.69 Å². The molecule has 1 aliphatic rings. The Morgan fingerprint density at radius 3 is 2.34 bits per heavy atom. The second kappa shape index (κ2) is 10.2. The van der Waals surface area contributed by atoms with Crippen LogP contribution in [0.5, 0.6) is 0 Å². The Kier molecular flexibility index (Phi) is 8.25. The lowest BCUT2D eigenvalue weighted by molar-refractivity contribution is -0.154. The molecule has 1 saturated carbocycles. The van der Waals surface area contributed by atoms with Crippen molar-refractivity contribution in [2.45, 2.75) is 53.4 Å². The highest BCUT2D eigenvalue weighted by atomic mass is 79.9. The third-order valence-electron chi connectivity index (χ3n) is 5.54. The summed E-state index contributed by atoms with van der Waals surface area (Å²) in [5.74, 6) is -0.657. The van der Waals surface area contributed by atoms with Crippen LogP contribution in [0.1, 0.15) is 52.0 Å². The molecule has 2 rings (SSSR count). The van der Waals surface area contributed by atoms with Crippen LogP contribution in [-0.2, 0) is 19.1 Å². The van der Waals surface area contributed by atoms with E-state index in [1.54, 1.807) is 6.07 Å². The van der Waals surface area contributed by atoms with Gasteiger partial charge in [0.2, 0.25) is 5.91 Å². The van der Waals surface area contributed by atoms with E-state index < -0.39 is 5.91 Å². The Morgan fingerprint density at radius 1 is 1.10 bits per heavy atom. The van der Waals surface area contributed by atoms with Gasteiger partial charge in [-0.25, -0.2) is 0 Å². The number of benzene rings is 1. The fourth-order valence-corrected chi connectivity index (χ4v) is 4.12. The Bertz CT molecular complexity index is 750. The fourth-order valence-electron chi connectivity index (χ4n) is 3.64. The van der Waals surface area contributed by atoms with Gasteiger partial charge in [-0.3, -0.25) is 14.4 Å². The molecule has 0 unspecified atom stereocenters. The Labute approximate surface area is 181 Å². The lowest BCUT2D eigenvalue weighted by atomic mass is 9.70. The Morgan fingerprint density at radius 2 is 1.76 bits per heavy atom. The Balaban J connectivity index is 1.68. The van der Waals surface area contributed by atoms with Crippen molar-refractivity contribution in [1.29, 1.82) is 0 Å². The summed E-state index contributed by atoms with van der Waals surface area (Å²) >= 11 is 3.37. The first-order valence-corrected chi connectivity index (χ1v) is 10.8. The van der Waals surface area contributed by atoms with Crippen molar-refractivity contribution in [2.24, 2.45) is 17.3 Å². The minimum Gasteiger partial charge on any atom is -0.455 e. The van der Waals surface area contributed by atoms with Gasteiger partial charge in [0, 0.05) is 10.2 Å². The van der Waals surface area contributed by atoms with Crippen molar-refractivity contribution in [3.63, 3.8) is 0 Å². The maximum atomic E-state index is 12.2. The molecule has 0 bridgehead atoms. The summed E-state index contributed by atoms with van der Waals surface area (Å²) in [5.41, 5.74) is 1.85. The third kappa shape index (κ3) is 7.46. The van der Waals surface area contributed by atoms with Crippen molar-refractivity contribution < 1.29 is 19.1 Å². The summed E-state index contributed by atoms with van der Waals surface area (Å²) in [6.07, 6.45) is 3.62. The first-order chi connectivity index (χ1) is 13.6. The number of rotatable bonds is 6. The van der Waals surface area contributed by atoms with Gasteiger partial charge < -0.3 is 15.4 Å². The van der Waals surface area contributed by atoms with Crippen LogP contribution in [0.2, 0.25) is 0 Å². The zero-order chi connectivity index (χ0) is 21.6. The molecular weight excluding hydrogens is 436 g/mol. The molecular formula is C22H31BrN2O4. The first kappa shape index (κ1) is 23.4. The van der Waals surface area contributed by atoms with E-state index in [0.717, 1.165) is 35.7 Å². The molecule has 7 heteroatoms. The van der Waals surface area contributed by atoms with Gasteiger partial charge in [0.05, 0.1) is 12.5 Å². The predicted octanol–water partition coefficient (Wildman–Crippen LogP) is 4.21. The molecule has 0 aromatic heterocycles. The van der Waals surface area contributed by atoms with Gasteiger partial charge >= 0.3 is 5.97 Å². The number of anilines is 1. The quantitative estimate of drug-likeness (QED) is 0.614. The average molecular weight is 467 g/mol. The van der Waals surface area contributed by atoms with E-state index in [9.17, 15) is 14.4 Å². The number of aryl methyl sites for hydroxylation is 1. The maximum absolute atomic E-state index is 12.2. The van der Waals surface area contributed by atoms with Crippen LogP contribution in [-0.4, -0.2) is 30.9 Å². The first-order valence-electron chi connectivity index (χ1n) is 10.1. The SMILES string of the molecule is Cc1cc(Br)ccc1NC(=O)CNC(=O)COC(=O)C1CCC(C(C)(C)C)CC1. The maximum Gasteiger partial charge on any atom is 0.309 e. The fraction of sp³-hybridized carbons (Fsp3) is 0.591. The topological polar surface area (TPSA) is 84.5 Å². The molecule has 2 amide bonds. The van der Waals surface area contributed by atoms with Crippen LogP contribution in [0, 0.1) is 24.2 Å². The molecule has 6 nitrogen and oxygen atoms in total. The summed E-state index contributed by atoms with van der Waals surface area (Å²) in [6, 6.07) is 5.51. The number of esters is 1. The molecule has 0 atom stereocenters. The summed E-state index contributed by atoms with van der Waals surface area (Å²) < 4.78 is 6.09. The van der Waals surface area contributed by atoms with Gasteiger partial charge in [-0.2, -0.15) is 0 Å². The molecule has 0 saturated heterocycles. The van der Waals surface area contributed by atoms with E-state index in [2.05, 4.69) is 47.3 Å². The number of hydrogen-bond acceptors (Lipinski definition) is 4. The Hall–Kier alpha value is -1.89. The smallest absolute Gasteiger partial charge is 0.309 e. The van der Waals surface area contributed by atoms with Gasteiger partial charge in [0.1, 0.15) is 0 Å². The molecule has 1 aromatic rings. The largest absolute Gasteiger partial charge is 0.455 e. The standard InChI is InChI=1S/C22H31BrN2O4/c1-14-11-17(23)9-10-18(14)25-19(26)12-24-20(27)13-29-21(28)15-5-7-16(8-6-15)22(2,3)4/h9-11,15-16H,5-8,12-13H2,1-4H3,(H,24,27)(H,25,26). The van der Waals surface area contributed by atoms with Gasteiger partial charge in [-0.15, -0.1) is 0 Å². The molecule has 2 N–H and O–H groups in total. The van der Waals surface area contributed by atoms with Gasteiger partial charge in [-0.1, -0.05) is 36.7 Å². The van der Waals surface area contributed by atoms with Crippen molar-refractivity contribution in [2.75, 3.05) is 18.5 Å². The molecule has 1 aliphatic carbocycles. The summed E-state index contributed by atoms with van der Waals surface area (Å²) in [5, 5.41) is 5.22. The highest BCUT2D eigenvalue weighted by molar-refractivity contribution is 9.10. The van der Waals surface area contributed by atoms with Crippen LogP contribution in [0.15, 0.2) is 22.7 Å². The third-order valence-corrected chi connectivity index (χ3v) is 6.03. The minimum absolute atomic E-state index is 0.134. The summed E-state index contributed by atoms with van der Waals surface area (Å²) in [6.45, 7) is 8.04. The number of amides is 2. The number of carbonyl (C=O) groups is 3. The average Bonchev–Trinajstić information content (AvgIpc) is 2.66. The number of hydrogen-bond donors (Lipinski definition) is 2. The lowest BCUT2D eigenvalue weighted by Gasteiger charge is -2.36. The van der Waals surface area contributed by atoms with Crippen molar-refractivity contribution in [3.05, 3.63) is 28.2 Å². The van der Waals surface area contributed by atoms with Crippen LogP contribution in [0.25, 0.3) is 0 Å². The predicted molar refractivity (Wildman–Crippen MR) is 116 cm³/mol. The number of ether oxygens (including phenoxy) is 1. The molecule has 1 fully saturated rings.